The molecule has 20 aromatic rings. The number of alkyl halides is 6. The first-order chi connectivity index (χ1) is 71.2. The zero-order chi connectivity index (χ0) is 102. The molecule has 4 aromatic heterocycles. The first-order valence-corrected chi connectivity index (χ1v) is 62.6. The number of hydrogen-bond donors (Lipinski definition) is 2. The van der Waals surface area contributed by atoms with E-state index in [9.17, 15) is 35.9 Å². The van der Waals surface area contributed by atoms with Gasteiger partial charge in [0.1, 0.15) is 11.6 Å². The molecule has 0 saturated heterocycles. The van der Waals surface area contributed by atoms with Crippen molar-refractivity contribution in [2.45, 2.75) is 98.8 Å². The Morgan fingerprint density at radius 3 is 0.776 bits per heavy atom. The van der Waals surface area contributed by atoms with Crippen LogP contribution in [-0.4, -0.2) is 48.3 Å². The van der Waals surface area contributed by atoms with E-state index < -0.39 is 79.1 Å². The van der Waals surface area contributed by atoms with Crippen molar-refractivity contribution in [3.05, 3.63) is 533 Å². The fraction of sp³-hybridized carbons (Fsp3) is 0.127. The molecule has 0 fully saturated rings. The number of aromatic amines is 2. The van der Waals surface area contributed by atoms with Gasteiger partial charge in [0.2, 0.25) is 0 Å². The van der Waals surface area contributed by atoms with Crippen LogP contribution in [0.15, 0.2) is 500 Å². The minimum absolute atomic E-state index is 0. The Morgan fingerprint density at radius 2 is 0.531 bits per heavy atom. The Hall–Kier alpha value is -12.7. The summed E-state index contributed by atoms with van der Waals surface area (Å²) in [5.41, 5.74) is 1.08. The van der Waals surface area contributed by atoms with Gasteiger partial charge in [-0.25, -0.2) is 9.97 Å². The summed E-state index contributed by atoms with van der Waals surface area (Å²) in [6.07, 6.45) is 2.76. The maximum absolute atomic E-state index is 13.5. The van der Waals surface area contributed by atoms with Crippen LogP contribution in [0, 0.1) is 13.8 Å². The summed E-state index contributed by atoms with van der Waals surface area (Å²) in [5, 5.41) is 17.6. The van der Waals surface area contributed by atoms with Gasteiger partial charge in [-0.15, -0.1) is 0 Å². The smallest absolute Gasteiger partial charge is 0.306 e. The van der Waals surface area contributed by atoms with E-state index in [1.807, 2.05) is 6.20 Å². The number of fused-ring (bicyclic) bond motifs is 2. The molecule has 0 unspecified atom stereocenters. The minimum Gasteiger partial charge on any atom is -0.306 e. The van der Waals surface area contributed by atoms with E-state index in [1.165, 1.54) is 128 Å². The van der Waals surface area contributed by atoms with Gasteiger partial charge in [-0.2, -0.15) is 26.3 Å². The number of aromatic nitrogens is 6. The van der Waals surface area contributed by atoms with Crippen molar-refractivity contribution in [1.29, 1.82) is 0 Å². The Bertz CT molecular complexity index is 6620. The van der Waals surface area contributed by atoms with Gasteiger partial charge in [0.25, 0.3) is 11.1 Å². The minimum atomic E-state index is -4.55. The molecule has 0 spiro atoms. The number of halogens is 7. The molecule has 0 radical (unpaired) electrons. The molecule has 16 aromatic carbocycles. The molecule has 744 valence electrons. The standard InChI is InChI=1S/C21H14F3N3O.4C18H15P.C16H10BrF3N2O.C5H4N.3C4H9.Pd.Sn/c1-12-5-4-6-16-18(12)26-19(27-20(16)28)14-9-13(17-7-2-3-8-25-17)10-15(11-14)21(22,23)24;4*1-4-10-16(11-5-1)19(17-12-6-2-7-13-17)18-14-8-3-9-15-18;1-8-3-2-4-12-13(8)21-14(22-15(12)23)9-5-10(16(18,19)20)7-11(17)6-9;1-2-4-6-5-3-1;3*1-3-4-2;;/h2-11H,1H3,(H,26,27,28);4*1-15H;2-7H,1H3,(H,21,22,23);1-4H;3*1,3-4H2,2H3;;. The number of nitrogens with one attached hydrogen (secondary N) is 2. The van der Waals surface area contributed by atoms with Crippen LogP contribution in [0.4, 0.5) is 26.3 Å². The van der Waals surface area contributed by atoms with Crippen molar-refractivity contribution in [2.24, 2.45) is 0 Å². The number of rotatable bonds is 25. The maximum Gasteiger partial charge on any atom is 0.416 e. The predicted molar refractivity (Wildman–Crippen MR) is 615 cm³/mol. The molecule has 0 atom stereocenters. The van der Waals surface area contributed by atoms with Gasteiger partial charge in [-0.05, 0) is 181 Å². The Balaban J connectivity index is 0.000000144. The molecule has 0 aliphatic heterocycles. The van der Waals surface area contributed by atoms with Crippen molar-refractivity contribution in [1.82, 2.24) is 29.9 Å². The van der Waals surface area contributed by atoms with Gasteiger partial charge in [0, 0.05) is 47.8 Å². The van der Waals surface area contributed by atoms with E-state index in [0.29, 0.717) is 27.5 Å². The van der Waals surface area contributed by atoms with Crippen LogP contribution < -0.4 is 78.5 Å². The number of H-pyrrole nitrogens is 2. The van der Waals surface area contributed by atoms with Gasteiger partial charge in [-0.3, -0.25) is 14.6 Å². The van der Waals surface area contributed by atoms with E-state index in [4.69, 9.17) is 4.98 Å². The molecule has 0 aliphatic rings. The summed E-state index contributed by atoms with van der Waals surface area (Å²) in [5.74, 6) is 0.179. The van der Waals surface area contributed by atoms with Crippen LogP contribution in [0.1, 0.15) is 81.5 Å². The van der Waals surface area contributed by atoms with Crippen LogP contribution >= 0.6 is 47.6 Å². The van der Waals surface area contributed by atoms with E-state index in [-0.39, 0.29) is 58.8 Å². The summed E-state index contributed by atoms with van der Waals surface area (Å²) < 4.78 is 85.6. The quantitative estimate of drug-likeness (QED) is 0.0334. The second kappa shape index (κ2) is 57.0. The molecule has 4 heterocycles. The molecule has 20 rings (SSSR count). The third-order valence-corrected chi connectivity index (χ3v) is 49.7. The number of hydrogen-bond acceptors (Lipinski definition) is 6. The molecule has 2 N–H and O–H groups in total. The van der Waals surface area contributed by atoms with E-state index in [2.05, 4.69) is 444 Å². The monoisotopic (exact) mass is 2290 g/mol. The summed E-state index contributed by atoms with van der Waals surface area (Å²) in [6.45, 7) is 10.6. The molecule has 0 saturated carbocycles. The zero-order valence-electron chi connectivity index (χ0n) is 82.4. The third-order valence-electron chi connectivity index (χ3n) is 24.3. The number of benzene rings is 16. The van der Waals surface area contributed by atoms with E-state index in [0.717, 1.165) is 35.4 Å². The third kappa shape index (κ3) is 31.9. The van der Waals surface area contributed by atoms with Gasteiger partial charge in [-0.1, -0.05) is 410 Å². The fourth-order valence-electron chi connectivity index (χ4n) is 17.1. The largest absolute Gasteiger partial charge is 0.416 e. The van der Waals surface area contributed by atoms with Crippen LogP contribution in [0.2, 0.25) is 13.3 Å². The summed E-state index contributed by atoms with van der Waals surface area (Å²) in [4.78, 5) is 47.4. The number of para-hydroxylation sites is 2. The van der Waals surface area contributed by atoms with E-state index in [1.54, 1.807) is 78.2 Å². The molecule has 8 nitrogen and oxygen atoms in total. The van der Waals surface area contributed by atoms with Crippen LogP contribution in [0.5, 0.6) is 0 Å². The van der Waals surface area contributed by atoms with Crippen LogP contribution in [-0.2, 0) is 32.8 Å². The first-order valence-electron chi connectivity index (χ1n) is 48.9. The Kier molecular flexibility index (Phi) is 43.3. The average molecular weight is 2290 g/mol. The normalized spacial score (nSPS) is 11.1. The average Bonchev–Trinajstić information content (AvgIpc) is 0.776. The number of unbranched alkanes of at least 4 members (excludes halogenated alkanes) is 3. The second-order valence-electron chi connectivity index (χ2n) is 34.7. The summed E-state index contributed by atoms with van der Waals surface area (Å²) in [7, 11) is -1.78. The van der Waals surface area contributed by atoms with Gasteiger partial charge < -0.3 is 9.97 Å². The maximum atomic E-state index is 13.5. The molecule has 21 heteroatoms. The number of nitrogens with zero attached hydrogens (tertiary/aromatic N) is 4. The Labute approximate surface area is 890 Å². The van der Waals surface area contributed by atoms with Crippen LogP contribution in [0.3, 0.4) is 0 Å². The molecule has 147 heavy (non-hydrogen) atoms. The molecule has 0 bridgehead atoms. The molecular formula is C126H115BrF6N6O2P4PdSn. The van der Waals surface area contributed by atoms with Gasteiger partial charge in [0.15, 0.2) is 0 Å². The first kappa shape index (κ1) is 112. The predicted octanol–water partition coefficient (Wildman–Crippen LogP) is 28.6. The van der Waals surface area contributed by atoms with Crippen molar-refractivity contribution in [3.63, 3.8) is 0 Å². The molecule has 0 aliphatic carbocycles. The van der Waals surface area contributed by atoms with Crippen molar-refractivity contribution >= 4 is 155 Å². The number of pyridine rings is 2. The Morgan fingerprint density at radius 1 is 0.286 bits per heavy atom. The topological polar surface area (TPSA) is 117 Å². The zero-order valence-corrected chi connectivity index (χ0v) is 92.0. The fourth-order valence-corrected chi connectivity index (χ4v) is 42.2. The van der Waals surface area contributed by atoms with E-state index >= 15 is 0 Å². The van der Waals surface area contributed by atoms with Gasteiger partial charge in [0.05, 0.1) is 38.6 Å². The summed E-state index contributed by atoms with van der Waals surface area (Å²) in [6, 6.07) is 158. The van der Waals surface area contributed by atoms with Crippen molar-refractivity contribution in [3.8, 4) is 34.0 Å². The van der Waals surface area contributed by atoms with Crippen molar-refractivity contribution in [2.75, 3.05) is 0 Å². The van der Waals surface area contributed by atoms with Crippen LogP contribution in [0.25, 0.3) is 55.8 Å². The van der Waals surface area contributed by atoms with Gasteiger partial charge >= 0.3 is 136 Å². The SMILES string of the molecule is CCC[CH2][Sn]([CH2]CCC)([CH2]CCC)[c]1ccccn1.Cc1cccc2c(=O)[nH]c(-c3cc(-c4ccccn4)cc(C(F)(F)F)c3)nc12.Cc1cccc2c(=O)[nH]c(-c3cc(Br)cc(C(F)(F)F)c3)nc12.[Pd].c1ccc(P(c2ccccc2)c2ccccc2)cc1.c1ccc(P(c2ccccc2)c2ccccc2)cc1.c1ccc(P(c2ccccc2)c2ccccc2)cc1.c1ccc(P(c2ccccc2)c2ccccc2)cc1. The number of aryl methyl sites for hydroxylation is 2. The van der Waals surface area contributed by atoms with Crippen molar-refractivity contribution < 1.29 is 46.8 Å². The molecular weight excluding hydrogens is 2170 g/mol. The summed E-state index contributed by atoms with van der Waals surface area (Å²) >= 11 is 0.859. The molecule has 0 amide bonds. The second-order valence-corrected chi connectivity index (χ2v) is 57.5.